The molecule has 1 aliphatic heterocycles. The normalized spacial score (nSPS) is 14.9. The molecule has 0 N–H and O–H groups in total. The van der Waals surface area contributed by atoms with E-state index in [9.17, 15) is 18.3 Å². The number of thioether (sulfide) groups is 1. The number of hydrogen-bond acceptors (Lipinski definition) is 5. The van der Waals surface area contributed by atoms with Crippen LogP contribution < -0.4 is 9.41 Å². The van der Waals surface area contributed by atoms with Crippen LogP contribution in [0.3, 0.4) is 0 Å². The monoisotopic (exact) mass is 348 g/mol. The highest BCUT2D eigenvalue weighted by molar-refractivity contribution is 7.99. The van der Waals surface area contributed by atoms with Crippen molar-refractivity contribution in [3.63, 3.8) is 0 Å². The molecular weight excluding hydrogens is 334 g/mol. The molecule has 0 unspecified atom stereocenters. The molecule has 0 saturated carbocycles. The molecule has 1 aliphatic rings. The summed E-state index contributed by atoms with van der Waals surface area (Å²) in [4.78, 5) is 11.8. The second kappa shape index (κ2) is 6.25. The molecule has 7 heteroatoms. The van der Waals surface area contributed by atoms with Crippen LogP contribution in [0.15, 0.2) is 58.3 Å². The molecule has 2 aromatic rings. The van der Waals surface area contributed by atoms with Gasteiger partial charge in [0.15, 0.2) is 0 Å². The third-order valence-corrected chi connectivity index (χ3v) is 6.55. The smallest absolute Gasteiger partial charge is 0.264 e. The zero-order valence-corrected chi connectivity index (χ0v) is 13.8. The van der Waals surface area contributed by atoms with E-state index in [1.807, 2.05) is 18.2 Å². The maximum absolute atomic E-state index is 12.9. The molecule has 0 bridgehead atoms. The molecule has 5 nitrogen and oxygen atoms in total. The number of rotatable bonds is 3. The van der Waals surface area contributed by atoms with E-state index in [1.54, 1.807) is 17.8 Å². The number of aromatic carboxylic acids is 1. The molecule has 23 heavy (non-hydrogen) atoms. The van der Waals surface area contributed by atoms with E-state index in [4.69, 9.17) is 0 Å². The molecule has 3 rings (SSSR count). The molecule has 120 valence electrons. The summed E-state index contributed by atoms with van der Waals surface area (Å²) in [6.45, 7) is 0.397. The Kier molecular flexibility index (Phi) is 4.32. The highest BCUT2D eigenvalue weighted by Gasteiger charge is 2.28. The van der Waals surface area contributed by atoms with Crippen molar-refractivity contribution in [1.29, 1.82) is 0 Å². The molecule has 0 radical (unpaired) electrons. The van der Waals surface area contributed by atoms with Gasteiger partial charge in [-0.25, -0.2) is 8.42 Å². The average Bonchev–Trinajstić information content (AvgIpc) is 2.77. The van der Waals surface area contributed by atoms with Gasteiger partial charge in [-0.05, 0) is 42.0 Å². The Hall–Kier alpha value is -1.99. The lowest BCUT2D eigenvalue weighted by Crippen LogP contribution is -2.32. The molecule has 1 heterocycles. The maximum Gasteiger partial charge on any atom is 0.264 e. The first-order chi connectivity index (χ1) is 11.0. The minimum absolute atomic E-state index is 0.0456. The first-order valence-corrected chi connectivity index (χ1v) is 9.49. The van der Waals surface area contributed by atoms with Gasteiger partial charge in [0.25, 0.3) is 10.0 Å². The zero-order valence-electron chi connectivity index (χ0n) is 12.1. The largest absolute Gasteiger partial charge is 0.545 e. The molecule has 2 aromatic carbocycles. The lowest BCUT2D eigenvalue weighted by atomic mass is 10.2. The van der Waals surface area contributed by atoms with E-state index in [0.717, 1.165) is 17.1 Å². The van der Waals surface area contributed by atoms with Gasteiger partial charge in [0.1, 0.15) is 0 Å². The lowest BCUT2D eigenvalue weighted by molar-refractivity contribution is -0.255. The molecule has 0 aromatic heterocycles. The SMILES string of the molecule is O=C([O-])c1ccc(S(=O)(=O)N2CCCSc3ccccc32)cc1. The number of hydrogen-bond donors (Lipinski definition) is 0. The van der Waals surface area contributed by atoms with Crippen molar-refractivity contribution in [2.45, 2.75) is 16.2 Å². The second-order valence-electron chi connectivity index (χ2n) is 5.06. The van der Waals surface area contributed by atoms with Crippen molar-refractivity contribution in [2.75, 3.05) is 16.6 Å². The van der Waals surface area contributed by atoms with Crippen LogP contribution in [0.5, 0.6) is 0 Å². The van der Waals surface area contributed by atoms with E-state index < -0.39 is 16.0 Å². The van der Waals surface area contributed by atoms with Crippen LogP contribution in [-0.4, -0.2) is 26.7 Å². The number of carbonyl (C=O) groups is 1. The molecule has 0 spiro atoms. The van der Waals surface area contributed by atoms with Crippen molar-refractivity contribution in [2.24, 2.45) is 0 Å². The Morgan fingerprint density at radius 3 is 2.48 bits per heavy atom. The Morgan fingerprint density at radius 2 is 1.78 bits per heavy atom. The topological polar surface area (TPSA) is 77.5 Å². The van der Waals surface area contributed by atoms with Gasteiger partial charge in [0.2, 0.25) is 0 Å². The van der Waals surface area contributed by atoms with Gasteiger partial charge in [-0.3, -0.25) is 4.31 Å². The quantitative estimate of drug-likeness (QED) is 0.844. The van der Waals surface area contributed by atoms with Gasteiger partial charge in [-0.15, -0.1) is 11.8 Å². The van der Waals surface area contributed by atoms with E-state index in [-0.39, 0.29) is 10.5 Å². The predicted molar refractivity (Wildman–Crippen MR) is 87.1 cm³/mol. The van der Waals surface area contributed by atoms with E-state index >= 15 is 0 Å². The number of nitrogens with zero attached hydrogens (tertiary/aromatic N) is 1. The number of anilines is 1. The Bertz CT molecular complexity index is 831. The molecular formula is C16H14NO4S2-. The first kappa shape index (κ1) is 15.9. The first-order valence-electron chi connectivity index (χ1n) is 7.06. The summed E-state index contributed by atoms with van der Waals surface area (Å²) in [5.74, 6) is -0.474. The van der Waals surface area contributed by atoms with Crippen LogP contribution in [0.2, 0.25) is 0 Å². The van der Waals surface area contributed by atoms with Crippen molar-refractivity contribution in [3.05, 3.63) is 54.1 Å². The van der Waals surface area contributed by atoms with Crippen LogP contribution >= 0.6 is 11.8 Å². The summed E-state index contributed by atoms with van der Waals surface area (Å²) < 4.78 is 27.3. The Morgan fingerprint density at radius 1 is 1.09 bits per heavy atom. The summed E-state index contributed by atoms with van der Waals surface area (Å²) >= 11 is 1.64. The number of para-hydroxylation sites is 1. The lowest BCUT2D eigenvalue weighted by Gasteiger charge is -2.24. The van der Waals surface area contributed by atoms with Crippen LogP contribution in [-0.2, 0) is 10.0 Å². The summed E-state index contributed by atoms with van der Waals surface area (Å²) in [6, 6.07) is 12.5. The number of carboxylic acid groups (broad SMARTS) is 1. The predicted octanol–water partition coefficient (Wildman–Crippen LogP) is 1.74. The van der Waals surface area contributed by atoms with E-state index in [1.165, 1.54) is 28.6 Å². The van der Waals surface area contributed by atoms with Crippen LogP contribution in [0.1, 0.15) is 16.8 Å². The van der Waals surface area contributed by atoms with Gasteiger partial charge in [-0.2, -0.15) is 0 Å². The zero-order chi connectivity index (χ0) is 16.4. The standard InChI is InChI=1S/C16H15NO4S2/c18-16(19)12-6-8-13(9-7-12)23(20,21)17-10-3-11-22-15-5-2-1-4-14(15)17/h1-2,4-9H,3,10-11H2,(H,18,19)/p-1. The molecule has 0 aliphatic carbocycles. The van der Waals surface area contributed by atoms with Crippen molar-refractivity contribution >= 4 is 33.4 Å². The summed E-state index contributed by atoms with van der Waals surface area (Å²) in [7, 11) is -3.73. The van der Waals surface area contributed by atoms with Crippen LogP contribution in [0.4, 0.5) is 5.69 Å². The number of carbonyl (C=O) groups excluding carboxylic acids is 1. The Balaban J connectivity index is 2.04. The summed E-state index contributed by atoms with van der Waals surface area (Å²) in [5, 5.41) is 10.8. The molecule has 0 saturated heterocycles. The highest BCUT2D eigenvalue weighted by Crippen LogP contribution is 2.36. The number of benzene rings is 2. The third-order valence-electron chi connectivity index (χ3n) is 3.58. The minimum Gasteiger partial charge on any atom is -0.545 e. The molecule has 0 atom stereocenters. The Labute approximate surface area is 139 Å². The third kappa shape index (κ3) is 3.07. The minimum atomic E-state index is -3.73. The molecule has 0 amide bonds. The summed E-state index contributed by atoms with van der Waals surface area (Å²) in [6.07, 6.45) is 0.746. The molecule has 0 fully saturated rings. The number of fused-ring (bicyclic) bond motifs is 1. The maximum atomic E-state index is 12.9. The highest BCUT2D eigenvalue weighted by atomic mass is 32.2. The fraction of sp³-hybridized carbons (Fsp3) is 0.188. The van der Waals surface area contributed by atoms with Crippen molar-refractivity contribution in [3.8, 4) is 0 Å². The number of sulfonamides is 1. The van der Waals surface area contributed by atoms with Crippen molar-refractivity contribution < 1.29 is 18.3 Å². The van der Waals surface area contributed by atoms with Gasteiger partial charge < -0.3 is 9.90 Å². The number of carboxylic acids is 1. The van der Waals surface area contributed by atoms with Gasteiger partial charge >= 0.3 is 0 Å². The van der Waals surface area contributed by atoms with Gasteiger partial charge in [0.05, 0.1) is 16.6 Å². The van der Waals surface area contributed by atoms with Crippen molar-refractivity contribution in [1.82, 2.24) is 0 Å². The fourth-order valence-corrected chi connectivity index (χ4v) is 5.01. The fourth-order valence-electron chi connectivity index (χ4n) is 2.44. The second-order valence-corrected chi connectivity index (χ2v) is 8.06. The van der Waals surface area contributed by atoms with Gasteiger partial charge in [0, 0.05) is 11.4 Å². The van der Waals surface area contributed by atoms with Crippen LogP contribution in [0.25, 0.3) is 0 Å². The van der Waals surface area contributed by atoms with E-state index in [2.05, 4.69) is 0 Å². The van der Waals surface area contributed by atoms with Crippen LogP contribution in [0, 0.1) is 0 Å². The van der Waals surface area contributed by atoms with E-state index in [0.29, 0.717) is 12.2 Å². The summed E-state index contributed by atoms with van der Waals surface area (Å²) in [5.41, 5.74) is 0.620. The van der Waals surface area contributed by atoms with Gasteiger partial charge in [-0.1, -0.05) is 24.3 Å². The average molecular weight is 348 g/mol.